The van der Waals surface area contributed by atoms with Gasteiger partial charge in [-0.15, -0.1) is 0 Å². The molecule has 0 aliphatic heterocycles. The molecule has 2 aromatic carbocycles. The Kier molecular flexibility index (Phi) is 6.17. The first-order valence-electron chi connectivity index (χ1n) is 9.54. The standard InChI is InChI=1S/C21H21ClN4O4/c1-4-24(20(27)14-10-11-16(22)18(12-14)26(29)30)13(3)19-23-17-9-7-6-8-15(17)21(28)25(19)5-2/h6-13H,4-5H2,1-3H3. The monoisotopic (exact) mass is 428 g/mol. The average Bonchev–Trinajstić information content (AvgIpc) is 2.74. The zero-order valence-corrected chi connectivity index (χ0v) is 17.6. The topological polar surface area (TPSA) is 98.3 Å². The van der Waals surface area contributed by atoms with Gasteiger partial charge in [-0.1, -0.05) is 23.7 Å². The fraction of sp³-hybridized carbons (Fsp3) is 0.286. The molecule has 1 amide bonds. The summed E-state index contributed by atoms with van der Waals surface area (Å²) in [6.45, 7) is 6.15. The molecule has 0 fully saturated rings. The Bertz CT molecular complexity index is 1190. The molecule has 9 heteroatoms. The maximum atomic E-state index is 13.2. The molecule has 0 saturated carbocycles. The molecule has 8 nitrogen and oxygen atoms in total. The van der Waals surface area contributed by atoms with E-state index in [-0.39, 0.29) is 21.8 Å². The summed E-state index contributed by atoms with van der Waals surface area (Å²) < 4.78 is 1.55. The van der Waals surface area contributed by atoms with Crippen LogP contribution in [0.4, 0.5) is 5.69 Å². The van der Waals surface area contributed by atoms with Crippen LogP contribution in [0, 0.1) is 10.1 Å². The Morgan fingerprint density at radius 3 is 2.60 bits per heavy atom. The summed E-state index contributed by atoms with van der Waals surface area (Å²) in [6, 6.07) is 10.5. The maximum absolute atomic E-state index is 13.2. The first-order valence-corrected chi connectivity index (χ1v) is 9.92. The van der Waals surface area contributed by atoms with Crippen LogP contribution in [0.25, 0.3) is 10.9 Å². The lowest BCUT2D eigenvalue weighted by atomic mass is 10.1. The second-order valence-electron chi connectivity index (χ2n) is 6.73. The first kappa shape index (κ1) is 21.4. The molecule has 0 aliphatic carbocycles. The first-order chi connectivity index (χ1) is 14.3. The van der Waals surface area contributed by atoms with E-state index in [1.807, 2.05) is 6.92 Å². The highest BCUT2D eigenvalue weighted by atomic mass is 35.5. The van der Waals surface area contributed by atoms with E-state index in [0.29, 0.717) is 29.8 Å². The van der Waals surface area contributed by atoms with Gasteiger partial charge in [0.15, 0.2) is 0 Å². The molecule has 1 unspecified atom stereocenters. The van der Waals surface area contributed by atoms with E-state index >= 15 is 0 Å². The molecular formula is C21H21ClN4O4. The van der Waals surface area contributed by atoms with Gasteiger partial charge >= 0.3 is 0 Å². The van der Waals surface area contributed by atoms with Crippen molar-refractivity contribution in [1.82, 2.24) is 14.5 Å². The minimum Gasteiger partial charge on any atom is -0.329 e. The third-order valence-corrected chi connectivity index (χ3v) is 5.36. The molecule has 0 N–H and O–H groups in total. The van der Waals surface area contributed by atoms with Crippen LogP contribution in [0.2, 0.25) is 5.02 Å². The predicted octanol–water partition coefficient (Wildman–Crippen LogP) is 4.20. The Balaban J connectivity index is 2.08. The number of halogens is 1. The molecule has 3 aromatic rings. The highest BCUT2D eigenvalue weighted by Crippen LogP contribution is 2.28. The van der Waals surface area contributed by atoms with Crippen LogP contribution in [0.5, 0.6) is 0 Å². The van der Waals surface area contributed by atoms with Gasteiger partial charge < -0.3 is 4.90 Å². The summed E-state index contributed by atoms with van der Waals surface area (Å²) in [4.78, 5) is 42.8. The quantitative estimate of drug-likeness (QED) is 0.432. The van der Waals surface area contributed by atoms with Crippen LogP contribution in [-0.2, 0) is 6.54 Å². The summed E-state index contributed by atoms with van der Waals surface area (Å²) >= 11 is 5.87. The Morgan fingerprint density at radius 1 is 1.27 bits per heavy atom. The number of rotatable bonds is 6. The number of carbonyl (C=O) groups excluding carboxylic acids is 1. The van der Waals surface area contributed by atoms with Gasteiger partial charge in [-0.3, -0.25) is 24.3 Å². The summed E-state index contributed by atoms with van der Waals surface area (Å²) in [6.07, 6.45) is 0. The molecule has 1 heterocycles. The van der Waals surface area contributed by atoms with E-state index in [0.717, 1.165) is 0 Å². The van der Waals surface area contributed by atoms with Crippen molar-refractivity contribution in [3.63, 3.8) is 0 Å². The number of aromatic nitrogens is 2. The molecule has 0 saturated heterocycles. The largest absolute Gasteiger partial charge is 0.329 e. The summed E-state index contributed by atoms with van der Waals surface area (Å²) in [5.74, 6) is 0.0506. The van der Waals surface area contributed by atoms with E-state index in [1.165, 1.54) is 23.1 Å². The van der Waals surface area contributed by atoms with Gasteiger partial charge in [-0.05, 0) is 45.0 Å². The van der Waals surface area contributed by atoms with Gasteiger partial charge in [0.1, 0.15) is 10.8 Å². The van der Waals surface area contributed by atoms with E-state index in [9.17, 15) is 19.7 Å². The number of hydrogen-bond donors (Lipinski definition) is 0. The van der Waals surface area contributed by atoms with Crippen LogP contribution < -0.4 is 5.56 Å². The van der Waals surface area contributed by atoms with Crippen molar-refractivity contribution in [3.8, 4) is 0 Å². The van der Waals surface area contributed by atoms with Crippen molar-refractivity contribution in [3.05, 3.63) is 79.3 Å². The lowest BCUT2D eigenvalue weighted by molar-refractivity contribution is -0.384. The number of amides is 1. The van der Waals surface area contributed by atoms with Crippen molar-refractivity contribution < 1.29 is 9.72 Å². The van der Waals surface area contributed by atoms with E-state index in [2.05, 4.69) is 4.98 Å². The molecule has 0 aliphatic rings. The molecule has 30 heavy (non-hydrogen) atoms. The molecule has 156 valence electrons. The van der Waals surface area contributed by atoms with E-state index < -0.39 is 16.9 Å². The maximum Gasteiger partial charge on any atom is 0.288 e. The van der Waals surface area contributed by atoms with Crippen LogP contribution in [0.1, 0.15) is 43.0 Å². The lowest BCUT2D eigenvalue weighted by Crippen LogP contribution is -2.37. The lowest BCUT2D eigenvalue weighted by Gasteiger charge is -2.29. The van der Waals surface area contributed by atoms with Crippen LogP contribution in [0.3, 0.4) is 0 Å². The Hall–Kier alpha value is -3.26. The van der Waals surface area contributed by atoms with Gasteiger partial charge in [0.2, 0.25) is 0 Å². The highest BCUT2D eigenvalue weighted by Gasteiger charge is 2.27. The summed E-state index contributed by atoms with van der Waals surface area (Å²) in [7, 11) is 0. The van der Waals surface area contributed by atoms with Gasteiger partial charge in [-0.2, -0.15) is 0 Å². The number of carbonyl (C=O) groups is 1. The molecule has 1 atom stereocenters. The van der Waals surface area contributed by atoms with Crippen LogP contribution in [-0.4, -0.2) is 31.8 Å². The number of para-hydroxylation sites is 1. The third kappa shape index (κ3) is 3.78. The second-order valence-corrected chi connectivity index (χ2v) is 7.13. The van der Waals surface area contributed by atoms with Gasteiger partial charge in [0.05, 0.1) is 21.9 Å². The average molecular weight is 429 g/mol. The SMILES string of the molecule is CCN(C(=O)c1ccc(Cl)c([N+](=O)[O-])c1)C(C)c1nc2ccccc2c(=O)n1CC. The second kappa shape index (κ2) is 8.62. The smallest absolute Gasteiger partial charge is 0.288 e. The molecule has 1 aromatic heterocycles. The van der Waals surface area contributed by atoms with Crippen molar-refractivity contribution in [1.29, 1.82) is 0 Å². The fourth-order valence-corrected chi connectivity index (χ4v) is 3.68. The Morgan fingerprint density at radius 2 is 1.97 bits per heavy atom. The summed E-state index contributed by atoms with van der Waals surface area (Å²) in [5.41, 5.74) is 0.196. The predicted molar refractivity (Wildman–Crippen MR) is 115 cm³/mol. The van der Waals surface area contributed by atoms with Crippen LogP contribution in [0.15, 0.2) is 47.3 Å². The molecule has 0 radical (unpaired) electrons. The molecule has 3 rings (SSSR count). The normalized spacial score (nSPS) is 12.0. The minimum absolute atomic E-state index is 0.0383. The van der Waals surface area contributed by atoms with Crippen molar-refractivity contribution in [2.75, 3.05) is 6.54 Å². The highest BCUT2D eigenvalue weighted by molar-refractivity contribution is 6.32. The van der Waals surface area contributed by atoms with Crippen molar-refractivity contribution >= 4 is 34.1 Å². The number of nitro groups is 1. The number of fused-ring (bicyclic) bond motifs is 1. The van der Waals surface area contributed by atoms with Crippen molar-refractivity contribution in [2.24, 2.45) is 0 Å². The summed E-state index contributed by atoms with van der Waals surface area (Å²) in [5, 5.41) is 11.7. The van der Waals surface area contributed by atoms with Gasteiger partial charge in [-0.25, -0.2) is 4.98 Å². The number of nitro benzene ring substituents is 1. The van der Waals surface area contributed by atoms with Crippen LogP contribution >= 0.6 is 11.6 Å². The van der Waals surface area contributed by atoms with E-state index in [1.54, 1.807) is 42.7 Å². The van der Waals surface area contributed by atoms with Crippen molar-refractivity contribution in [2.45, 2.75) is 33.4 Å². The Labute approximate surface area is 177 Å². The van der Waals surface area contributed by atoms with Gasteiger partial charge in [0, 0.05) is 24.7 Å². The molecular weight excluding hydrogens is 408 g/mol. The molecule has 0 spiro atoms. The fourth-order valence-electron chi connectivity index (χ4n) is 3.49. The third-order valence-electron chi connectivity index (χ3n) is 5.04. The minimum atomic E-state index is -0.627. The number of nitrogens with zero attached hydrogens (tertiary/aromatic N) is 4. The zero-order chi connectivity index (χ0) is 22.0. The number of hydrogen-bond acceptors (Lipinski definition) is 5. The van der Waals surface area contributed by atoms with Gasteiger partial charge in [0.25, 0.3) is 17.2 Å². The van der Waals surface area contributed by atoms with E-state index in [4.69, 9.17) is 11.6 Å². The zero-order valence-electron chi connectivity index (χ0n) is 16.8. The number of benzene rings is 2. The molecule has 0 bridgehead atoms.